The second kappa shape index (κ2) is 8.33. The van der Waals surface area contributed by atoms with E-state index in [1.165, 1.54) is 6.92 Å². The van der Waals surface area contributed by atoms with Gasteiger partial charge in [0.25, 0.3) is 0 Å². The van der Waals surface area contributed by atoms with Gasteiger partial charge in [-0.25, -0.2) is 0 Å². The van der Waals surface area contributed by atoms with Crippen LogP contribution in [0.1, 0.15) is 33.3 Å². The summed E-state index contributed by atoms with van der Waals surface area (Å²) in [5.74, 6) is -1.34. The summed E-state index contributed by atoms with van der Waals surface area (Å²) >= 11 is 0. The second-order valence-corrected chi connectivity index (χ2v) is 6.43. The van der Waals surface area contributed by atoms with E-state index in [1.54, 1.807) is 24.3 Å². The molecule has 1 aromatic rings. The van der Waals surface area contributed by atoms with Crippen LogP contribution >= 0.6 is 0 Å². The highest BCUT2D eigenvalue weighted by Gasteiger charge is 2.20. The summed E-state index contributed by atoms with van der Waals surface area (Å²) in [5.41, 5.74) is 0.511. The predicted molar refractivity (Wildman–Crippen MR) is 88.8 cm³/mol. The summed E-state index contributed by atoms with van der Waals surface area (Å²) in [5, 5.41) is 13.4. The molecule has 0 bridgehead atoms. The smallest absolute Gasteiger partial charge is 0.322 e. The fourth-order valence-electron chi connectivity index (χ4n) is 2.02. The van der Waals surface area contributed by atoms with Crippen LogP contribution in [0.15, 0.2) is 24.3 Å². The summed E-state index contributed by atoms with van der Waals surface area (Å²) in [6, 6.07) is 6.36. The molecular formula is C17H24N2O5. The number of rotatable bonds is 7. The first-order valence-corrected chi connectivity index (χ1v) is 7.61. The molecule has 1 aromatic carbocycles. The highest BCUT2D eigenvalue weighted by atomic mass is 16.5. The summed E-state index contributed by atoms with van der Waals surface area (Å²) in [6.45, 7) is 6.65. The van der Waals surface area contributed by atoms with Crippen LogP contribution in [0, 0.1) is 0 Å². The summed E-state index contributed by atoms with van der Waals surface area (Å²) in [6.07, 6.45) is 0.251. The number of amides is 2. The first-order valence-electron chi connectivity index (χ1n) is 7.61. The Bertz CT molecular complexity index is 590. The Morgan fingerprint density at radius 2 is 1.75 bits per heavy atom. The van der Waals surface area contributed by atoms with Crippen molar-refractivity contribution < 1.29 is 24.2 Å². The van der Waals surface area contributed by atoms with Gasteiger partial charge in [-0.3, -0.25) is 14.4 Å². The molecule has 0 spiro atoms. The van der Waals surface area contributed by atoms with E-state index in [-0.39, 0.29) is 17.9 Å². The number of hydrogen-bond acceptors (Lipinski definition) is 4. The summed E-state index contributed by atoms with van der Waals surface area (Å²) < 4.78 is 5.72. The molecule has 0 aliphatic heterocycles. The van der Waals surface area contributed by atoms with Crippen molar-refractivity contribution in [3.63, 3.8) is 0 Å². The largest absolute Gasteiger partial charge is 0.488 e. The van der Waals surface area contributed by atoms with Gasteiger partial charge in [-0.1, -0.05) is 12.1 Å². The molecule has 132 valence electrons. The average molecular weight is 336 g/mol. The molecule has 0 aromatic heterocycles. The van der Waals surface area contributed by atoms with Gasteiger partial charge in [0.15, 0.2) is 0 Å². The third-order valence-corrected chi connectivity index (χ3v) is 2.90. The zero-order valence-electron chi connectivity index (χ0n) is 14.4. The fraction of sp³-hybridized carbons (Fsp3) is 0.471. The van der Waals surface area contributed by atoms with Gasteiger partial charge in [0.2, 0.25) is 11.8 Å². The lowest BCUT2D eigenvalue weighted by atomic mass is 10.0. The van der Waals surface area contributed by atoms with Crippen molar-refractivity contribution in [3.8, 4) is 5.75 Å². The van der Waals surface area contributed by atoms with Crippen LogP contribution in [0.3, 0.4) is 0 Å². The van der Waals surface area contributed by atoms with E-state index in [4.69, 9.17) is 9.84 Å². The van der Waals surface area contributed by atoms with Gasteiger partial charge in [0.1, 0.15) is 23.9 Å². The van der Waals surface area contributed by atoms with Gasteiger partial charge in [-0.05, 0) is 38.5 Å². The van der Waals surface area contributed by atoms with Crippen molar-refractivity contribution >= 4 is 17.8 Å². The third-order valence-electron chi connectivity index (χ3n) is 2.90. The average Bonchev–Trinajstić information content (AvgIpc) is 2.44. The Kier molecular flexibility index (Phi) is 6.76. The van der Waals surface area contributed by atoms with Crippen molar-refractivity contribution in [3.05, 3.63) is 29.8 Å². The van der Waals surface area contributed by atoms with Gasteiger partial charge in [0, 0.05) is 13.3 Å². The first kappa shape index (κ1) is 19.5. The van der Waals surface area contributed by atoms with Crippen molar-refractivity contribution in [2.24, 2.45) is 0 Å². The van der Waals surface area contributed by atoms with E-state index in [0.29, 0.717) is 5.75 Å². The van der Waals surface area contributed by atoms with Gasteiger partial charge in [-0.2, -0.15) is 0 Å². The van der Waals surface area contributed by atoms with Crippen LogP contribution in [0.5, 0.6) is 5.75 Å². The monoisotopic (exact) mass is 336 g/mol. The molecule has 0 aliphatic carbocycles. The van der Waals surface area contributed by atoms with E-state index in [9.17, 15) is 14.4 Å². The molecule has 3 N–H and O–H groups in total. The van der Waals surface area contributed by atoms with E-state index >= 15 is 0 Å². The molecule has 0 fully saturated rings. The third kappa shape index (κ3) is 7.62. The Morgan fingerprint density at radius 3 is 2.21 bits per heavy atom. The van der Waals surface area contributed by atoms with Gasteiger partial charge >= 0.3 is 5.97 Å². The lowest BCUT2D eigenvalue weighted by molar-refractivity contribution is -0.138. The Labute approximate surface area is 141 Å². The predicted octanol–water partition coefficient (Wildman–Crippen LogP) is 1.11. The van der Waals surface area contributed by atoms with Gasteiger partial charge < -0.3 is 20.5 Å². The molecular weight excluding hydrogens is 312 g/mol. The quantitative estimate of drug-likeness (QED) is 0.692. The number of carboxylic acid groups (broad SMARTS) is 1. The van der Waals surface area contributed by atoms with Crippen LogP contribution in [0.25, 0.3) is 0 Å². The number of aliphatic carboxylic acids is 1. The van der Waals surface area contributed by atoms with Crippen LogP contribution in [-0.4, -0.2) is 41.1 Å². The van der Waals surface area contributed by atoms with E-state index in [0.717, 1.165) is 5.56 Å². The molecule has 2 amide bonds. The number of ether oxygens (including phenoxy) is 1. The number of benzene rings is 1. The normalized spacial score (nSPS) is 12.2. The zero-order valence-corrected chi connectivity index (χ0v) is 14.4. The van der Waals surface area contributed by atoms with Crippen molar-refractivity contribution in [1.82, 2.24) is 10.6 Å². The molecule has 1 atom stereocenters. The number of carbonyl (C=O) groups is 3. The SMILES string of the molecule is CC(=O)N[C@@H](Cc1ccc(OC(C)(C)C)cc1)C(=O)NCC(=O)O. The minimum atomic E-state index is -1.14. The van der Waals surface area contributed by atoms with Crippen molar-refractivity contribution in [1.29, 1.82) is 0 Å². The molecule has 1 rings (SSSR count). The lowest BCUT2D eigenvalue weighted by Crippen LogP contribution is -2.48. The fourth-order valence-corrected chi connectivity index (χ4v) is 2.02. The van der Waals surface area contributed by atoms with Crippen LogP contribution < -0.4 is 15.4 Å². The molecule has 24 heavy (non-hydrogen) atoms. The molecule has 7 nitrogen and oxygen atoms in total. The Hall–Kier alpha value is -2.57. The molecule has 0 saturated heterocycles. The molecule has 0 unspecified atom stereocenters. The summed E-state index contributed by atoms with van der Waals surface area (Å²) in [4.78, 5) is 33.8. The topological polar surface area (TPSA) is 105 Å². The van der Waals surface area contributed by atoms with Crippen LogP contribution in [-0.2, 0) is 20.8 Å². The number of nitrogens with one attached hydrogen (secondary N) is 2. The molecule has 0 heterocycles. The minimum absolute atomic E-state index is 0.251. The molecule has 0 aliphatic rings. The number of carboxylic acids is 1. The Balaban J connectivity index is 2.77. The van der Waals surface area contributed by atoms with Crippen molar-refractivity contribution in [2.75, 3.05) is 6.54 Å². The van der Waals surface area contributed by atoms with Gasteiger partial charge in [0.05, 0.1) is 0 Å². The molecule has 0 saturated carbocycles. The molecule has 0 radical (unpaired) electrons. The Morgan fingerprint density at radius 1 is 1.17 bits per heavy atom. The van der Waals surface area contributed by atoms with Crippen molar-refractivity contribution in [2.45, 2.75) is 45.8 Å². The standard InChI is InChI=1S/C17H24N2O5/c1-11(20)19-14(16(23)18-10-15(21)22)9-12-5-7-13(8-6-12)24-17(2,3)4/h5-8,14H,9-10H2,1-4H3,(H,18,23)(H,19,20)(H,21,22)/t14-/m0/s1. The molecule has 7 heteroatoms. The lowest BCUT2D eigenvalue weighted by Gasteiger charge is -2.21. The maximum absolute atomic E-state index is 12.0. The highest BCUT2D eigenvalue weighted by Crippen LogP contribution is 2.19. The maximum atomic E-state index is 12.0. The van der Waals surface area contributed by atoms with E-state index < -0.39 is 24.5 Å². The van der Waals surface area contributed by atoms with Crippen LogP contribution in [0.4, 0.5) is 0 Å². The van der Waals surface area contributed by atoms with Gasteiger partial charge in [-0.15, -0.1) is 0 Å². The second-order valence-electron chi connectivity index (χ2n) is 6.43. The van der Waals surface area contributed by atoms with E-state index in [1.807, 2.05) is 20.8 Å². The van der Waals surface area contributed by atoms with Crippen LogP contribution in [0.2, 0.25) is 0 Å². The number of carbonyl (C=O) groups excluding carboxylic acids is 2. The zero-order chi connectivity index (χ0) is 18.3. The maximum Gasteiger partial charge on any atom is 0.322 e. The summed E-state index contributed by atoms with van der Waals surface area (Å²) in [7, 11) is 0. The highest BCUT2D eigenvalue weighted by molar-refractivity contribution is 5.89. The van der Waals surface area contributed by atoms with E-state index in [2.05, 4.69) is 10.6 Å². The number of hydrogen-bond donors (Lipinski definition) is 3. The first-order chi connectivity index (χ1) is 11.1. The minimum Gasteiger partial charge on any atom is -0.488 e.